The van der Waals surface area contributed by atoms with Crippen LogP contribution in [0.3, 0.4) is 0 Å². The van der Waals surface area contributed by atoms with E-state index in [-0.39, 0.29) is 5.56 Å². The van der Waals surface area contributed by atoms with Crippen LogP contribution < -0.4 is 5.56 Å². The highest BCUT2D eigenvalue weighted by atomic mass is 32.1. The Kier molecular flexibility index (Phi) is 4.31. The largest absolute Gasteiger partial charge is 0.298 e. The minimum absolute atomic E-state index is 0.112. The number of unbranched alkanes of at least 4 members (excludes halogenated alkanes) is 4. The second kappa shape index (κ2) is 5.96. The standard InChI is InChI=1S/C13H18N2OS/c1-2-3-4-5-6-8-15-10-14-11-7-9-17-12(11)13(15)16/h7,9-10H,2-6,8H2,1H3. The first-order valence-corrected chi connectivity index (χ1v) is 7.13. The molecule has 0 amide bonds. The lowest BCUT2D eigenvalue weighted by molar-refractivity contribution is 0.556. The van der Waals surface area contributed by atoms with E-state index < -0.39 is 0 Å². The van der Waals surface area contributed by atoms with E-state index in [0.717, 1.165) is 23.2 Å². The van der Waals surface area contributed by atoms with Crippen LogP contribution in [0.5, 0.6) is 0 Å². The van der Waals surface area contributed by atoms with Crippen molar-refractivity contribution in [1.82, 2.24) is 9.55 Å². The Balaban J connectivity index is 1.99. The zero-order valence-corrected chi connectivity index (χ0v) is 11.0. The zero-order valence-electron chi connectivity index (χ0n) is 10.2. The highest BCUT2D eigenvalue weighted by Gasteiger charge is 2.04. The molecule has 17 heavy (non-hydrogen) atoms. The molecule has 0 aliphatic rings. The Morgan fingerprint density at radius 1 is 1.29 bits per heavy atom. The minimum Gasteiger partial charge on any atom is -0.298 e. The van der Waals surface area contributed by atoms with Crippen molar-refractivity contribution >= 4 is 21.6 Å². The number of rotatable bonds is 6. The molecule has 2 aromatic rings. The second-order valence-corrected chi connectivity index (χ2v) is 5.21. The summed E-state index contributed by atoms with van der Waals surface area (Å²) < 4.78 is 2.52. The second-order valence-electron chi connectivity index (χ2n) is 4.29. The van der Waals surface area contributed by atoms with E-state index in [4.69, 9.17) is 0 Å². The number of hydrogen-bond donors (Lipinski definition) is 0. The van der Waals surface area contributed by atoms with Crippen LogP contribution in [0.1, 0.15) is 39.0 Å². The van der Waals surface area contributed by atoms with Gasteiger partial charge in [-0.2, -0.15) is 0 Å². The summed E-state index contributed by atoms with van der Waals surface area (Å²) in [6, 6.07) is 1.90. The van der Waals surface area contributed by atoms with Gasteiger partial charge in [-0.1, -0.05) is 32.6 Å². The average Bonchev–Trinajstić information content (AvgIpc) is 2.80. The van der Waals surface area contributed by atoms with Crippen molar-refractivity contribution in [2.45, 2.75) is 45.6 Å². The quantitative estimate of drug-likeness (QED) is 0.736. The van der Waals surface area contributed by atoms with E-state index in [9.17, 15) is 4.79 Å². The highest BCUT2D eigenvalue weighted by molar-refractivity contribution is 7.17. The zero-order chi connectivity index (χ0) is 12.1. The van der Waals surface area contributed by atoms with Gasteiger partial charge in [0.1, 0.15) is 4.70 Å². The Hall–Kier alpha value is -1.16. The predicted molar refractivity (Wildman–Crippen MR) is 72.6 cm³/mol. The minimum atomic E-state index is 0.112. The van der Waals surface area contributed by atoms with Crippen LogP contribution in [-0.4, -0.2) is 9.55 Å². The maximum Gasteiger partial charge on any atom is 0.271 e. The van der Waals surface area contributed by atoms with Crippen LogP contribution >= 0.6 is 11.3 Å². The molecule has 0 saturated heterocycles. The number of aryl methyl sites for hydroxylation is 1. The van der Waals surface area contributed by atoms with Crippen molar-refractivity contribution in [2.75, 3.05) is 0 Å². The van der Waals surface area contributed by atoms with E-state index >= 15 is 0 Å². The summed E-state index contributed by atoms with van der Waals surface area (Å²) in [6.07, 6.45) is 7.75. The summed E-state index contributed by atoms with van der Waals surface area (Å²) in [5, 5.41) is 1.92. The fraction of sp³-hybridized carbons (Fsp3) is 0.538. The number of thiophene rings is 1. The van der Waals surface area contributed by atoms with Gasteiger partial charge in [-0.25, -0.2) is 4.98 Å². The molecule has 2 rings (SSSR count). The van der Waals surface area contributed by atoms with E-state index in [1.54, 1.807) is 10.9 Å². The lowest BCUT2D eigenvalue weighted by Crippen LogP contribution is -2.19. The molecule has 0 spiro atoms. The van der Waals surface area contributed by atoms with Gasteiger partial charge in [-0.3, -0.25) is 9.36 Å². The van der Waals surface area contributed by atoms with Gasteiger partial charge in [-0.05, 0) is 17.9 Å². The molecule has 0 N–H and O–H groups in total. The molecule has 0 atom stereocenters. The first-order chi connectivity index (χ1) is 8.33. The molecule has 0 fully saturated rings. The summed E-state index contributed by atoms with van der Waals surface area (Å²) in [5.74, 6) is 0. The van der Waals surface area contributed by atoms with Crippen LogP contribution in [0.2, 0.25) is 0 Å². The summed E-state index contributed by atoms with van der Waals surface area (Å²) in [7, 11) is 0. The van der Waals surface area contributed by atoms with Crippen LogP contribution in [0.25, 0.3) is 10.2 Å². The molecule has 0 unspecified atom stereocenters. The topological polar surface area (TPSA) is 34.9 Å². The molecular formula is C13H18N2OS. The molecule has 0 bridgehead atoms. The van der Waals surface area contributed by atoms with Crippen LogP contribution in [0.15, 0.2) is 22.6 Å². The molecule has 3 nitrogen and oxygen atoms in total. The van der Waals surface area contributed by atoms with Gasteiger partial charge in [-0.15, -0.1) is 11.3 Å². The fourth-order valence-electron chi connectivity index (χ4n) is 1.92. The third-order valence-electron chi connectivity index (χ3n) is 2.94. The van der Waals surface area contributed by atoms with Gasteiger partial charge in [0.05, 0.1) is 11.8 Å². The monoisotopic (exact) mass is 250 g/mol. The lowest BCUT2D eigenvalue weighted by Gasteiger charge is -2.04. The molecule has 2 aromatic heterocycles. The van der Waals surface area contributed by atoms with Crippen molar-refractivity contribution in [1.29, 1.82) is 0 Å². The van der Waals surface area contributed by atoms with Crippen molar-refractivity contribution < 1.29 is 0 Å². The van der Waals surface area contributed by atoms with Crippen molar-refractivity contribution in [3.8, 4) is 0 Å². The van der Waals surface area contributed by atoms with E-state index in [1.807, 2.05) is 11.4 Å². The highest BCUT2D eigenvalue weighted by Crippen LogP contribution is 2.13. The third-order valence-corrected chi connectivity index (χ3v) is 3.83. The molecule has 0 aliphatic carbocycles. The van der Waals surface area contributed by atoms with Crippen LogP contribution in [-0.2, 0) is 6.54 Å². The molecule has 92 valence electrons. The number of nitrogens with zero attached hydrogens (tertiary/aromatic N) is 2. The SMILES string of the molecule is CCCCCCCn1cnc2ccsc2c1=O. The van der Waals surface area contributed by atoms with Gasteiger partial charge in [0.2, 0.25) is 0 Å². The molecular weight excluding hydrogens is 232 g/mol. The van der Waals surface area contributed by atoms with Crippen molar-refractivity contribution in [2.24, 2.45) is 0 Å². The maximum atomic E-state index is 12.0. The Bertz CT molecular complexity index is 529. The van der Waals surface area contributed by atoms with Gasteiger partial charge < -0.3 is 0 Å². The van der Waals surface area contributed by atoms with Crippen molar-refractivity contribution in [3.05, 3.63) is 28.1 Å². The smallest absolute Gasteiger partial charge is 0.271 e. The number of fused-ring (bicyclic) bond motifs is 1. The van der Waals surface area contributed by atoms with E-state index in [2.05, 4.69) is 11.9 Å². The number of aromatic nitrogens is 2. The maximum absolute atomic E-state index is 12.0. The van der Waals surface area contributed by atoms with Gasteiger partial charge >= 0.3 is 0 Å². The Labute approximate surface area is 105 Å². The van der Waals surface area contributed by atoms with Crippen molar-refractivity contribution in [3.63, 3.8) is 0 Å². The van der Waals surface area contributed by atoms with E-state index in [0.29, 0.717) is 0 Å². The Morgan fingerprint density at radius 2 is 2.12 bits per heavy atom. The molecule has 0 radical (unpaired) electrons. The normalized spacial score (nSPS) is 11.1. The first kappa shape index (κ1) is 12.3. The Morgan fingerprint density at radius 3 is 2.94 bits per heavy atom. The molecule has 0 saturated carbocycles. The van der Waals surface area contributed by atoms with Gasteiger partial charge in [0.25, 0.3) is 5.56 Å². The summed E-state index contributed by atoms with van der Waals surface area (Å²) >= 11 is 1.48. The summed E-state index contributed by atoms with van der Waals surface area (Å²) in [5.41, 5.74) is 0.933. The predicted octanol–water partition coefficient (Wildman–Crippen LogP) is 3.43. The summed E-state index contributed by atoms with van der Waals surface area (Å²) in [6.45, 7) is 3.00. The first-order valence-electron chi connectivity index (χ1n) is 6.25. The fourth-order valence-corrected chi connectivity index (χ4v) is 2.72. The third kappa shape index (κ3) is 2.94. The van der Waals surface area contributed by atoms with Crippen LogP contribution in [0.4, 0.5) is 0 Å². The van der Waals surface area contributed by atoms with Crippen LogP contribution in [0, 0.1) is 0 Å². The molecule has 4 heteroatoms. The lowest BCUT2D eigenvalue weighted by atomic mass is 10.1. The van der Waals surface area contributed by atoms with E-state index in [1.165, 1.54) is 37.0 Å². The average molecular weight is 250 g/mol. The molecule has 0 aliphatic heterocycles. The summed E-state index contributed by atoms with van der Waals surface area (Å²) in [4.78, 5) is 16.3. The van der Waals surface area contributed by atoms with Gasteiger partial charge in [0, 0.05) is 6.54 Å². The number of hydrogen-bond acceptors (Lipinski definition) is 3. The van der Waals surface area contributed by atoms with Gasteiger partial charge in [0.15, 0.2) is 0 Å². The molecule has 0 aromatic carbocycles. The molecule has 2 heterocycles.